The van der Waals surface area contributed by atoms with Crippen LogP contribution in [0.2, 0.25) is 0 Å². The average molecular weight is 316 g/mol. The maximum absolute atomic E-state index is 12.4. The number of carbonyl (C=O) groups is 1. The van der Waals surface area contributed by atoms with Crippen molar-refractivity contribution in [1.82, 2.24) is 0 Å². The van der Waals surface area contributed by atoms with E-state index in [0.717, 1.165) is 18.6 Å². The molecule has 0 N–H and O–H groups in total. The number of ether oxygens (including phenoxy) is 1. The molecule has 0 radical (unpaired) electrons. The summed E-state index contributed by atoms with van der Waals surface area (Å²) in [5.74, 6) is 1.64. The minimum absolute atomic E-state index is 0.175. The molecule has 0 aromatic carbocycles. The lowest BCUT2D eigenvalue weighted by molar-refractivity contribution is -0.157. The van der Waals surface area contributed by atoms with Crippen LogP contribution in [0.15, 0.2) is 22.3 Å². The third-order valence-electron chi connectivity index (χ3n) is 6.43. The number of furan rings is 1. The molecule has 2 aliphatic carbocycles. The second kappa shape index (κ2) is 5.85. The van der Waals surface area contributed by atoms with Gasteiger partial charge in [-0.1, -0.05) is 32.8 Å². The van der Waals surface area contributed by atoms with E-state index in [2.05, 4.69) is 20.8 Å². The normalized spacial score (nSPS) is 33.8. The molecular weight excluding hydrogens is 288 g/mol. The van der Waals surface area contributed by atoms with Crippen LogP contribution < -0.4 is 0 Å². The Morgan fingerprint density at radius 1 is 1.43 bits per heavy atom. The molecule has 126 valence electrons. The van der Waals surface area contributed by atoms with Crippen molar-refractivity contribution in [1.29, 1.82) is 0 Å². The van der Waals surface area contributed by atoms with Gasteiger partial charge in [-0.05, 0) is 50.5 Å². The van der Waals surface area contributed by atoms with Gasteiger partial charge in [-0.25, -0.2) is 4.79 Å². The van der Waals surface area contributed by atoms with Gasteiger partial charge in [-0.15, -0.1) is 0 Å². The smallest absolute Gasteiger partial charge is 0.334 e. The highest BCUT2D eigenvalue weighted by Gasteiger charge is 2.52. The Morgan fingerprint density at radius 3 is 2.87 bits per heavy atom. The predicted octanol–water partition coefficient (Wildman–Crippen LogP) is 5.14. The SMILES string of the molecule is CC=C(C)C(=O)OC1c2occ(C)c2CC2(C)C(C)CCCC12. The lowest BCUT2D eigenvalue weighted by Crippen LogP contribution is -2.46. The molecule has 1 heterocycles. The lowest BCUT2D eigenvalue weighted by Gasteiger charge is -2.51. The number of hydrogen-bond acceptors (Lipinski definition) is 3. The first-order valence-electron chi connectivity index (χ1n) is 8.79. The highest BCUT2D eigenvalue weighted by atomic mass is 16.6. The Bertz CT molecular complexity index is 639. The molecule has 3 rings (SSSR count). The first-order valence-corrected chi connectivity index (χ1v) is 8.79. The maximum Gasteiger partial charge on any atom is 0.334 e. The van der Waals surface area contributed by atoms with Gasteiger partial charge in [-0.3, -0.25) is 0 Å². The first kappa shape index (κ1) is 16.4. The van der Waals surface area contributed by atoms with Crippen LogP contribution in [0.4, 0.5) is 0 Å². The summed E-state index contributed by atoms with van der Waals surface area (Å²) in [7, 11) is 0. The average Bonchev–Trinajstić information content (AvgIpc) is 2.88. The van der Waals surface area contributed by atoms with E-state index >= 15 is 0 Å². The van der Waals surface area contributed by atoms with E-state index in [9.17, 15) is 4.79 Å². The molecule has 0 amide bonds. The molecule has 1 aromatic rings. The highest BCUT2D eigenvalue weighted by Crippen LogP contribution is 2.57. The van der Waals surface area contributed by atoms with Crippen molar-refractivity contribution in [2.24, 2.45) is 17.3 Å². The zero-order valence-corrected chi connectivity index (χ0v) is 14.9. The topological polar surface area (TPSA) is 39.4 Å². The minimum Gasteiger partial charge on any atom is -0.465 e. The first-order chi connectivity index (χ1) is 10.9. The monoisotopic (exact) mass is 316 g/mol. The molecule has 1 saturated carbocycles. The van der Waals surface area contributed by atoms with Gasteiger partial charge in [0.05, 0.1) is 6.26 Å². The van der Waals surface area contributed by atoms with E-state index in [1.807, 2.05) is 26.2 Å². The zero-order valence-electron chi connectivity index (χ0n) is 14.9. The molecule has 4 atom stereocenters. The van der Waals surface area contributed by atoms with Crippen molar-refractivity contribution < 1.29 is 13.9 Å². The maximum atomic E-state index is 12.4. The highest BCUT2D eigenvalue weighted by molar-refractivity contribution is 5.87. The Hall–Kier alpha value is -1.51. The summed E-state index contributed by atoms with van der Waals surface area (Å²) in [4.78, 5) is 12.4. The van der Waals surface area contributed by atoms with Gasteiger partial charge in [0.15, 0.2) is 6.10 Å². The van der Waals surface area contributed by atoms with Gasteiger partial charge in [0.1, 0.15) is 5.76 Å². The van der Waals surface area contributed by atoms with Gasteiger partial charge < -0.3 is 9.15 Å². The van der Waals surface area contributed by atoms with Crippen molar-refractivity contribution in [2.75, 3.05) is 0 Å². The van der Waals surface area contributed by atoms with Gasteiger partial charge in [-0.2, -0.15) is 0 Å². The fourth-order valence-corrected chi connectivity index (χ4v) is 4.45. The quantitative estimate of drug-likeness (QED) is 0.560. The summed E-state index contributed by atoms with van der Waals surface area (Å²) in [6, 6.07) is 0. The molecule has 1 aromatic heterocycles. The van der Waals surface area contributed by atoms with Crippen molar-refractivity contribution >= 4 is 5.97 Å². The lowest BCUT2D eigenvalue weighted by atomic mass is 9.55. The molecule has 1 fully saturated rings. The second-order valence-corrected chi connectivity index (χ2v) is 7.68. The fourth-order valence-electron chi connectivity index (χ4n) is 4.45. The molecule has 0 saturated heterocycles. The zero-order chi connectivity index (χ0) is 16.8. The number of hydrogen-bond donors (Lipinski definition) is 0. The van der Waals surface area contributed by atoms with E-state index in [4.69, 9.17) is 9.15 Å². The van der Waals surface area contributed by atoms with E-state index in [-0.39, 0.29) is 17.5 Å². The van der Waals surface area contributed by atoms with Gasteiger partial charge >= 0.3 is 5.97 Å². The van der Waals surface area contributed by atoms with Crippen LogP contribution in [0.25, 0.3) is 0 Å². The summed E-state index contributed by atoms with van der Waals surface area (Å²) >= 11 is 0. The number of carbonyl (C=O) groups excluding carboxylic acids is 1. The van der Waals surface area contributed by atoms with Crippen LogP contribution in [-0.2, 0) is 16.0 Å². The van der Waals surface area contributed by atoms with E-state index in [1.165, 1.54) is 24.0 Å². The van der Waals surface area contributed by atoms with Crippen molar-refractivity contribution in [3.63, 3.8) is 0 Å². The Balaban J connectivity index is 2.02. The number of rotatable bonds is 2. The van der Waals surface area contributed by atoms with Crippen LogP contribution in [0.1, 0.15) is 69.9 Å². The van der Waals surface area contributed by atoms with Crippen LogP contribution in [0, 0.1) is 24.2 Å². The molecule has 0 aliphatic heterocycles. The summed E-state index contributed by atoms with van der Waals surface area (Å²) in [5, 5.41) is 0. The number of aryl methyl sites for hydroxylation is 1. The summed E-state index contributed by atoms with van der Waals surface area (Å²) in [6.45, 7) is 10.5. The Morgan fingerprint density at radius 2 is 2.17 bits per heavy atom. The number of allylic oxidation sites excluding steroid dienone is 1. The Kier molecular flexibility index (Phi) is 4.16. The van der Waals surface area contributed by atoms with Crippen LogP contribution in [0.5, 0.6) is 0 Å². The van der Waals surface area contributed by atoms with Crippen molar-refractivity contribution in [2.45, 2.75) is 66.4 Å². The summed E-state index contributed by atoms with van der Waals surface area (Å²) < 4.78 is 11.8. The third-order valence-corrected chi connectivity index (χ3v) is 6.43. The molecule has 0 bridgehead atoms. The Labute approximate surface area is 139 Å². The summed E-state index contributed by atoms with van der Waals surface area (Å²) in [6.07, 6.45) is 7.98. The van der Waals surface area contributed by atoms with E-state index < -0.39 is 0 Å². The number of fused-ring (bicyclic) bond motifs is 2. The van der Waals surface area contributed by atoms with Crippen molar-refractivity contribution in [3.05, 3.63) is 34.8 Å². The predicted molar refractivity (Wildman–Crippen MR) is 90.0 cm³/mol. The molecule has 4 unspecified atom stereocenters. The van der Waals surface area contributed by atoms with Gasteiger partial charge in [0, 0.05) is 17.1 Å². The second-order valence-electron chi connectivity index (χ2n) is 7.68. The molecule has 2 aliphatic rings. The minimum atomic E-state index is -0.248. The van der Waals surface area contributed by atoms with Crippen LogP contribution in [0.3, 0.4) is 0 Å². The molecule has 0 spiro atoms. The van der Waals surface area contributed by atoms with Crippen LogP contribution in [-0.4, -0.2) is 5.97 Å². The molecule has 3 nitrogen and oxygen atoms in total. The van der Waals surface area contributed by atoms with Crippen molar-refractivity contribution in [3.8, 4) is 0 Å². The van der Waals surface area contributed by atoms with E-state index in [0.29, 0.717) is 17.4 Å². The third kappa shape index (κ3) is 2.54. The molecular formula is C20H28O3. The van der Waals surface area contributed by atoms with E-state index in [1.54, 1.807) is 0 Å². The fraction of sp³-hybridized carbons (Fsp3) is 0.650. The van der Waals surface area contributed by atoms with Gasteiger partial charge in [0.2, 0.25) is 0 Å². The largest absolute Gasteiger partial charge is 0.465 e. The molecule has 3 heteroatoms. The summed E-state index contributed by atoms with van der Waals surface area (Å²) in [5.41, 5.74) is 3.27. The van der Waals surface area contributed by atoms with Crippen LogP contribution >= 0.6 is 0 Å². The van der Waals surface area contributed by atoms with Gasteiger partial charge in [0.25, 0.3) is 0 Å². The standard InChI is InChI=1S/C20H28O3/c1-6-12(2)19(21)23-18-16-9-7-8-14(4)20(16,5)10-15-13(3)11-22-17(15)18/h6,11,14,16,18H,7-10H2,1-5H3. The molecule has 23 heavy (non-hydrogen) atoms. The number of esters is 1.